The molecule has 0 unspecified atom stereocenters. The van der Waals surface area contributed by atoms with Gasteiger partial charge >= 0.3 is 0 Å². The van der Waals surface area contributed by atoms with Crippen LogP contribution in [0.25, 0.3) is 0 Å². The number of benzene rings is 1. The van der Waals surface area contributed by atoms with E-state index < -0.39 is 0 Å². The highest BCUT2D eigenvalue weighted by atomic mass is 19.1. The van der Waals surface area contributed by atoms with E-state index in [1.165, 1.54) is 25.0 Å². The minimum Gasteiger partial charge on any atom is -0.381 e. The van der Waals surface area contributed by atoms with Crippen LogP contribution in [0.1, 0.15) is 29.6 Å². The summed E-state index contributed by atoms with van der Waals surface area (Å²) in [4.78, 5) is 17.4. The summed E-state index contributed by atoms with van der Waals surface area (Å²) in [5, 5.41) is 0. The number of halogens is 1. The van der Waals surface area contributed by atoms with Crippen molar-refractivity contribution in [3.8, 4) is 0 Å². The Bertz CT molecular complexity index is 619. The molecule has 1 saturated carbocycles. The first kappa shape index (κ1) is 16.0. The number of piperidine rings is 1. The molecule has 3 fully saturated rings. The van der Waals surface area contributed by atoms with Crippen molar-refractivity contribution in [2.75, 3.05) is 33.3 Å². The second-order valence-electron chi connectivity index (χ2n) is 7.46. The van der Waals surface area contributed by atoms with Crippen molar-refractivity contribution in [1.82, 2.24) is 9.80 Å². The van der Waals surface area contributed by atoms with Gasteiger partial charge in [0.05, 0.1) is 12.1 Å². The van der Waals surface area contributed by atoms with E-state index in [1.54, 1.807) is 19.2 Å². The van der Waals surface area contributed by atoms with Crippen LogP contribution in [0.15, 0.2) is 24.3 Å². The maximum atomic E-state index is 13.5. The first-order valence-electron chi connectivity index (χ1n) is 8.97. The van der Waals surface area contributed by atoms with Gasteiger partial charge in [0, 0.05) is 44.8 Å². The zero-order valence-electron chi connectivity index (χ0n) is 14.2. The number of rotatable bonds is 4. The smallest absolute Gasteiger partial charge is 0.254 e. The van der Waals surface area contributed by atoms with Crippen LogP contribution in [0.5, 0.6) is 0 Å². The average Bonchev–Trinajstić information content (AvgIpc) is 3.29. The Hall–Kier alpha value is -1.46. The predicted molar refractivity (Wildman–Crippen MR) is 89.3 cm³/mol. The zero-order valence-corrected chi connectivity index (χ0v) is 14.2. The Kier molecular flexibility index (Phi) is 4.31. The maximum absolute atomic E-state index is 13.5. The minimum atomic E-state index is -0.356. The molecule has 24 heavy (non-hydrogen) atoms. The highest BCUT2D eigenvalue weighted by Crippen LogP contribution is 2.36. The van der Waals surface area contributed by atoms with Crippen LogP contribution in [0, 0.1) is 17.7 Å². The number of ether oxygens (including phenoxy) is 1. The van der Waals surface area contributed by atoms with E-state index in [2.05, 4.69) is 4.90 Å². The third-order valence-electron chi connectivity index (χ3n) is 5.79. The number of hydrogen-bond acceptors (Lipinski definition) is 3. The average molecular weight is 332 g/mol. The molecule has 2 saturated heterocycles. The van der Waals surface area contributed by atoms with E-state index in [4.69, 9.17) is 4.74 Å². The lowest BCUT2D eigenvalue weighted by molar-refractivity contribution is -0.0156. The molecule has 1 aromatic carbocycles. The van der Waals surface area contributed by atoms with Crippen molar-refractivity contribution in [3.63, 3.8) is 0 Å². The summed E-state index contributed by atoms with van der Waals surface area (Å²) in [6, 6.07) is 6.22. The minimum absolute atomic E-state index is 0.0488. The van der Waals surface area contributed by atoms with E-state index in [0.29, 0.717) is 18.0 Å². The Morgan fingerprint density at radius 1 is 1.29 bits per heavy atom. The number of nitrogens with zero attached hydrogens (tertiary/aromatic N) is 2. The van der Waals surface area contributed by atoms with Crippen LogP contribution in [0.3, 0.4) is 0 Å². The van der Waals surface area contributed by atoms with Gasteiger partial charge in [0.25, 0.3) is 5.91 Å². The van der Waals surface area contributed by atoms with Gasteiger partial charge < -0.3 is 14.5 Å². The largest absolute Gasteiger partial charge is 0.381 e. The monoisotopic (exact) mass is 332 g/mol. The molecule has 1 aliphatic carbocycles. The van der Waals surface area contributed by atoms with Crippen molar-refractivity contribution in [3.05, 3.63) is 35.6 Å². The molecule has 4 nitrogen and oxygen atoms in total. The fourth-order valence-corrected chi connectivity index (χ4v) is 4.38. The molecule has 0 aromatic heterocycles. The molecule has 3 atom stereocenters. The molecule has 2 heterocycles. The lowest BCUT2D eigenvalue weighted by Crippen LogP contribution is -2.53. The Morgan fingerprint density at radius 3 is 2.83 bits per heavy atom. The number of hydrogen-bond donors (Lipinski definition) is 0. The third-order valence-corrected chi connectivity index (χ3v) is 5.79. The van der Waals surface area contributed by atoms with E-state index in [0.717, 1.165) is 32.0 Å². The van der Waals surface area contributed by atoms with Crippen molar-refractivity contribution >= 4 is 5.91 Å². The SMILES string of the molecule is CO[C@H]1CCN(C(=O)c2cccc(F)c2)[C@@H]2CN(CC3CC3)C[C@H]12. The topological polar surface area (TPSA) is 32.8 Å². The summed E-state index contributed by atoms with van der Waals surface area (Å²) in [7, 11) is 1.77. The molecule has 4 rings (SSSR count). The number of carbonyl (C=O) groups excluding carboxylic acids is 1. The quantitative estimate of drug-likeness (QED) is 0.849. The summed E-state index contributed by atoms with van der Waals surface area (Å²) in [6.45, 7) is 3.76. The number of fused-ring (bicyclic) bond motifs is 1. The first-order chi connectivity index (χ1) is 11.7. The van der Waals surface area contributed by atoms with Gasteiger partial charge in [-0.15, -0.1) is 0 Å². The third kappa shape index (κ3) is 3.07. The highest BCUT2D eigenvalue weighted by Gasteiger charge is 2.46. The highest BCUT2D eigenvalue weighted by molar-refractivity contribution is 5.94. The molecular formula is C19H25FN2O2. The first-order valence-corrected chi connectivity index (χ1v) is 8.97. The lowest BCUT2D eigenvalue weighted by Gasteiger charge is -2.41. The Balaban J connectivity index is 1.53. The van der Waals surface area contributed by atoms with Gasteiger partial charge in [0.1, 0.15) is 5.82 Å². The maximum Gasteiger partial charge on any atom is 0.254 e. The lowest BCUT2D eigenvalue weighted by atomic mass is 9.88. The Morgan fingerprint density at radius 2 is 2.12 bits per heavy atom. The second-order valence-corrected chi connectivity index (χ2v) is 7.46. The molecule has 1 aromatic rings. The molecular weight excluding hydrogens is 307 g/mol. The summed E-state index contributed by atoms with van der Waals surface area (Å²) in [5.41, 5.74) is 0.449. The summed E-state index contributed by atoms with van der Waals surface area (Å²) in [5.74, 6) is 0.803. The molecule has 0 radical (unpaired) electrons. The molecule has 0 bridgehead atoms. The van der Waals surface area contributed by atoms with Crippen LogP contribution in [0.2, 0.25) is 0 Å². The fraction of sp³-hybridized carbons (Fsp3) is 0.632. The normalized spacial score (nSPS) is 30.4. The van der Waals surface area contributed by atoms with Crippen molar-refractivity contribution in [2.24, 2.45) is 11.8 Å². The molecule has 130 valence electrons. The van der Waals surface area contributed by atoms with Crippen LogP contribution < -0.4 is 0 Å². The number of methoxy groups -OCH3 is 1. The zero-order chi connectivity index (χ0) is 16.7. The van der Waals surface area contributed by atoms with E-state index in [1.807, 2.05) is 4.90 Å². The standard InChI is InChI=1S/C19H25FN2O2/c1-24-18-7-8-22(19(23)14-3-2-4-15(20)9-14)17-12-21(11-16(17)18)10-13-5-6-13/h2-4,9,13,16-18H,5-8,10-12H2,1H3/t16-,17+,18-/m0/s1. The van der Waals surface area contributed by atoms with E-state index in [-0.39, 0.29) is 23.9 Å². The molecule has 0 spiro atoms. The number of carbonyl (C=O) groups is 1. The summed E-state index contributed by atoms with van der Waals surface area (Å²) in [6.07, 6.45) is 3.75. The molecule has 1 amide bonds. The number of likely N-dealkylation sites (tertiary alicyclic amines) is 2. The van der Waals surface area contributed by atoms with Gasteiger partial charge in [-0.05, 0) is 43.4 Å². The summed E-state index contributed by atoms with van der Waals surface area (Å²) >= 11 is 0. The van der Waals surface area contributed by atoms with E-state index in [9.17, 15) is 9.18 Å². The number of amides is 1. The molecule has 2 aliphatic heterocycles. The summed E-state index contributed by atoms with van der Waals surface area (Å²) < 4.78 is 19.2. The van der Waals surface area contributed by atoms with Crippen LogP contribution >= 0.6 is 0 Å². The predicted octanol–water partition coefficient (Wildman–Crippen LogP) is 2.40. The van der Waals surface area contributed by atoms with Gasteiger partial charge in [-0.2, -0.15) is 0 Å². The van der Waals surface area contributed by atoms with Crippen molar-refractivity contribution in [1.29, 1.82) is 0 Å². The van der Waals surface area contributed by atoms with Gasteiger partial charge in [0.15, 0.2) is 0 Å². The van der Waals surface area contributed by atoms with Crippen molar-refractivity contribution < 1.29 is 13.9 Å². The van der Waals surface area contributed by atoms with Gasteiger partial charge in [0.2, 0.25) is 0 Å². The van der Waals surface area contributed by atoms with Crippen LogP contribution in [0.4, 0.5) is 4.39 Å². The van der Waals surface area contributed by atoms with Crippen molar-refractivity contribution in [2.45, 2.75) is 31.4 Å². The van der Waals surface area contributed by atoms with E-state index >= 15 is 0 Å². The van der Waals surface area contributed by atoms with Gasteiger partial charge in [-0.1, -0.05) is 6.07 Å². The fourth-order valence-electron chi connectivity index (χ4n) is 4.38. The molecule has 0 N–H and O–H groups in total. The molecule has 5 heteroatoms. The van der Waals surface area contributed by atoms with Gasteiger partial charge in [-0.25, -0.2) is 4.39 Å². The van der Waals surface area contributed by atoms with Crippen LogP contribution in [-0.4, -0.2) is 61.1 Å². The second kappa shape index (κ2) is 6.45. The molecule has 3 aliphatic rings. The van der Waals surface area contributed by atoms with Crippen LogP contribution in [-0.2, 0) is 4.74 Å². The van der Waals surface area contributed by atoms with Gasteiger partial charge in [-0.3, -0.25) is 4.79 Å². The Labute approximate surface area is 142 Å².